The molecule has 170 valence electrons. The molecule has 0 aromatic heterocycles. The van der Waals surface area contributed by atoms with Gasteiger partial charge >= 0.3 is 0 Å². The molecule has 5 aliphatic rings. The number of ether oxygens (including phenoxy) is 1. The van der Waals surface area contributed by atoms with Crippen molar-refractivity contribution in [1.29, 1.82) is 0 Å². The first-order valence-corrected chi connectivity index (χ1v) is 13.1. The molecule has 6 heteroatoms. The highest BCUT2D eigenvalue weighted by Gasteiger charge is 2.64. The summed E-state index contributed by atoms with van der Waals surface area (Å²) in [6.07, 6.45) is 9.03. The largest absolute Gasteiger partial charge is 0.504 e. The van der Waals surface area contributed by atoms with Gasteiger partial charge in [-0.25, -0.2) is 0 Å². The highest BCUT2D eigenvalue weighted by atomic mass is 127. The number of carbonyl (C=O) groups is 1. The van der Waals surface area contributed by atoms with Crippen molar-refractivity contribution in [2.45, 2.75) is 49.3 Å². The summed E-state index contributed by atoms with van der Waals surface area (Å²) in [7, 11) is 0. The number of amides is 1. The van der Waals surface area contributed by atoms with Crippen LogP contribution in [-0.4, -0.2) is 47.2 Å². The average molecular weight is 554 g/mol. The quantitative estimate of drug-likeness (QED) is 0.443. The second-order valence-corrected chi connectivity index (χ2v) is 11.7. The molecule has 2 heterocycles. The molecule has 0 radical (unpaired) electrons. The summed E-state index contributed by atoms with van der Waals surface area (Å²) in [4.78, 5) is 15.9. The van der Waals surface area contributed by atoms with Crippen LogP contribution in [0.4, 0.5) is 0 Å². The van der Waals surface area contributed by atoms with E-state index in [2.05, 4.69) is 51.0 Å². The number of nitrogens with zero attached hydrogens (tertiary/aromatic N) is 1. The first-order valence-electron chi connectivity index (χ1n) is 12.1. The van der Waals surface area contributed by atoms with E-state index >= 15 is 0 Å². The van der Waals surface area contributed by atoms with E-state index in [9.17, 15) is 9.90 Å². The molecule has 7 rings (SSSR count). The molecule has 5 atom stereocenters. The van der Waals surface area contributed by atoms with Gasteiger partial charge in [-0.1, -0.05) is 24.3 Å². The number of phenolic OH excluding ortho intramolecular Hbond substituents is 1. The Balaban J connectivity index is 1.29. The second-order valence-electron chi connectivity index (χ2n) is 10.4. The number of likely N-dealkylation sites (tertiary alicyclic amines) is 1. The lowest BCUT2D eigenvalue weighted by Crippen LogP contribution is -2.67. The van der Waals surface area contributed by atoms with Gasteiger partial charge in [0.05, 0.1) is 6.04 Å². The lowest BCUT2D eigenvalue weighted by atomic mass is 9.53. The molecule has 2 aromatic rings. The van der Waals surface area contributed by atoms with Gasteiger partial charge in [-0.15, -0.1) is 0 Å². The lowest BCUT2D eigenvalue weighted by molar-refractivity contribution is -0.0203. The first-order chi connectivity index (χ1) is 16.0. The molecule has 3 aliphatic carbocycles. The summed E-state index contributed by atoms with van der Waals surface area (Å²) in [5.41, 5.74) is 2.99. The fourth-order valence-electron chi connectivity index (χ4n) is 7.00. The maximum atomic E-state index is 13.1. The molecule has 2 bridgehead atoms. The molecule has 2 aliphatic heterocycles. The van der Waals surface area contributed by atoms with Crippen LogP contribution >= 0.6 is 22.6 Å². The van der Waals surface area contributed by atoms with E-state index in [0.717, 1.165) is 28.9 Å². The number of hydrogen-bond acceptors (Lipinski definition) is 4. The van der Waals surface area contributed by atoms with Crippen LogP contribution in [0.2, 0.25) is 0 Å². The van der Waals surface area contributed by atoms with Crippen molar-refractivity contribution in [3.8, 4) is 11.5 Å². The van der Waals surface area contributed by atoms with E-state index < -0.39 is 0 Å². The van der Waals surface area contributed by atoms with E-state index in [-0.39, 0.29) is 29.2 Å². The van der Waals surface area contributed by atoms with E-state index in [4.69, 9.17) is 4.74 Å². The van der Waals surface area contributed by atoms with Crippen molar-refractivity contribution in [2.75, 3.05) is 13.1 Å². The number of phenols is 1. The van der Waals surface area contributed by atoms with Crippen molar-refractivity contribution in [2.24, 2.45) is 11.8 Å². The standard InChI is InChI=1S/C27H27IN2O3/c28-18-3-1-2-17(12-18)26(32)29-20-8-7-19-21-13-16-6-9-22(31)24-23(16)27(19,25(20)33-24)10-11-30(21)14-15-4-5-15/h1-3,6-9,12,15,19-21,25,31H,4-5,10-11,13-14H2,(H,29,32)/t19-,20+,21+,25-,27-/m0/s1. The molecule has 1 amide bonds. The van der Waals surface area contributed by atoms with Crippen LogP contribution in [-0.2, 0) is 11.8 Å². The van der Waals surface area contributed by atoms with Gasteiger partial charge in [-0.05, 0) is 90.6 Å². The van der Waals surface area contributed by atoms with Crippen molar-refractivity contribution in [3.05, 3.63) is 68.8 Å². The maximum Gasteiger partial charge on any atom is 0.251 e. The summed E-state index contributed by atoms with van der Waals surface area (Å²) >= 11 is 2.23. The molecular weight excluding hydrogens is 527 g/mol. The third-order valence-corrected chi connectivity index (χ3v) is 9.26. The van der Waals surface area contributed by atoms with Gasteiger partial charge in [-0.3, -0.25) is 9.69 Å². The molecule has 1 saturated carbocycles. The maximum absolute atomic E-state index is 13.1. The van der Waals surface area contributed by atoms with Crippen LogP contribution in [0.5, 0.6) is 11.5 Å². The predicted octanol–water partition coefficient (Wildman–Crippen LogP) is 4.02. The summed E-state index contributed by atoms with van der Waals surface area (Å²) in [6, 6.07) is 11.8. The summed E-state index contributed by atoms with van der Waals surface area (Å²) < 4.78 is 7.61. The molecular formula is C27H27IN2O3. The van der Waals surface area contributed by atoms with E-state index in [1.165, 1.54) is 30.5 Å². The molecule has 2 N–H and O–H groups in total. The molecule has 33 heavy (non-hydrogen) atoms. The Morgan fingerprint density at radius 3 is 2.94 bits per heavy atom. The van der Waals surface area contributed by atoms with Crippen molar-refractivity contribution < 1.29 is 14.6 Å². The SMILES string of the molecule is O=C(N[C@@H]1C=C[C@H]2[C@H]3Cc4ccc(O)c5c4[C@@]2(CCN3CC2CC2)[C@H]1O5)c1cccc(I)c1. The Morgan fingerprint density at radius 1 is 1.24 bits per heavy atom. The van der Waals surface area contributed by atoms with E-state index in [1.54, 1.807) is 6.07 Å². The third-order valence-electron chi connectivity index (χ3n) is 8.59. The minimum absolute atomic E-state index is 0.0828. The minimum atomic E-state index is -0.236. The monoisotopic (exact) mass is 554 g/mol. The fourth-order valence-corrected chi connectivity index (χ4v) is 7.55. The second kappa shape index (κ2) is 7.22. The van der Waals surface area contributed by atoms with Crippen LogP contribution in [0.3, 0.4) is 0 Å². The Kier molecular flexibility index (Phi) is 4.45. The number of halogens is 1. The van der Waals surface area contributed by atoms with Crippen LogP contribution < -0.4 is 10.1 Å². The van der Waals surface area contributed by atoms with Crippen LogP contribution in [0.1, 0.15) is 40.7 Å². The van der Waals surface area contributed by atoms with Gasteiger partial charge in [0, 0.05) is 38.6 Å². The third kappa shape index (κ3) is 2.95. The number of piperidine rings is 1. The van der Waals surface area contributed by atoms with Crippen molar-refractivity contribution >= 4 is 28.5 Å². The van der Waals surface area contributed by atoms with Crippen molar-refractivity contribution in [3.63, 3.8) is 0 Å². The zero-order valence-corrected chi connectivity index (χ0v) is 20.5. The summed E-state index contributed by atoms with van der Waals surface area (Å²) in [5, 5.41) is 14.0. The zero-order chi connectivity index (χ0) is 22.3. The van der Waals surface area contributed by atoms with Gasteiger partial charge in [0.2, 0.25) is 0 Å². The van der Waals surface area contributed by atoms with Gasteiger partial charge in [0.25, 0.3) is 5.91 Å². The Labute approximate surface area is 207 Å². The van der Waals surface area contributed by atoms with Gasteiger partial charge in [-0.2, -0.15) is 0 Å². The highest BCUT2D eigenvalue weighted by molar-refractivity contribution is 14.1. The molecule has 1 spiro atoms. The number of hydrogen-bond donors (Lipinski definition) is 2. The molecule has 0 unspecified atom stereocenters. The predicted molar refractivity (Wildman–Crippen MR) is 134 cm³/mol. The number of carbonyl (C=O) groups excluding carboxylic acids is 1. The minimum Gasteiger partial charge on any atom is -0.504 e. The Hall–Kier alpha value is -2.06. The molecule has 2 fully saturated rings. The summed E-state index contributed by atoms with van der Waals surface area (Å²) in [6.45, 7) is 2.25. The number of aromatic hydroxyl groups is 1. The summed E-state index contributed by atoms with van der Waals surface area (Å²) in [5.74, 6) is 1.99. The lowest BCUT2D eigenvalue weighted by Gasteiger charge is -2.57. The fraction of sp³-hybridized carbons (Fsp3) is 0.444. The van der Waals surface area contributed by atoms with Gasteiger partial charge < -0.3 is 15.2 Å². The molecule has 2 aromatic carbocycles. The van der Waals surface area contributed by atoms with Gasteiger partial charge in [0.15, 0.2) is 11.5 Å². The Morgan fingerprint density at radius 2 is 2.12 bits per heavy atom. The first kappa shape index (κ1) is 20.3. The van der Waals surface area contributed by atoms with Crippen molar-refractivity contribution in [1.82, 2.24) is 10.2 Å². The average Bonchev–Trinajstić information content (AvgIpc) is 3.55. The molecule has 5 nitrogen and oxygen atoms in total. The highest BCUT2D eigenvalue weighted by Crippen LogP contribution is 2.62. The number of benzene rings is 2. The van der Waals surface area contributed by atoms with Crippen LogP contribution in [0, 0.1) is 15.4 Å². The normalized spacial score (nSPS) is 33.4. The van der Waals surface area contributed by atoms with Gasteiger partial charge in [0.1, 0.15) is 6.10 Å². The van der Waals surface area contributed by atoms with Crippen LogP contribution in [0.25, 0.3) is 0 Å². The zero-order valence-electron chi connectivity index (χ0n) is 18.3. The van der Waals surface area contributed by atoms with Crippen LogP contribution in [0.15, 0.2) is 48.6 Å². The van der Waals surface area contributed by atoms with E-state index in [1.807, 2.05) is 24.3 Å². The van der Waals surface area contributed by atoms with E-state index in [0.29, 0.717) is 23.3 Å². The Bertz CT molecular complexity index is 1190. The topological polar surface area (TPSA) is 61.8 Å². The number of nitrogens with one attached hydrogen (secondary N) is 1. The smallest absolute Gasteiger partial charge is 0.251 e. The molecule has 1 saturated heterocycles. The number of rotatable bonds is 4.